The number of piperazine rings is 1. The highest BCUT2D eigenvalue weighted by atomic mass is 32.2. The zero-order chi connectivity index (χ0) is 25.3. The Kier molecular flexibility index (Phi) is 6.82. The Morgan fingerprint density at radius 2 is 1.46 bits per heavy atom. The van der Waals surface area contributed by atoms with E-state index < -0.39 is 32.5 Å². The Morgan fingerprint density at radius 3 is 2.11 bits per heavy atom. The van der Waals surface area contributed by atoms with E-state index in [1.54, 1.807) is 36.4 Å². The number of amides is 1. The van der Waals surface area contributed by atoms with E-state index in [1.165, 1.54) is 4.90 Å². The molecule has 1 amide bonds. The standard InChI is InChI=1S/C26H24F2N2O4S/c1-17-7-8-19(15-18(17)2)25(31)21-5-3-4-6-22(21)26(32)29-11-13-30(14-12-29)35(33,34)24-16-20(27)9-10-23(24)28/h3-10,15-16H,11-14H2,1-2H3. The normalized spacial score (nSPS) is 14.7. The molecule has 35 heavy (non-hydrogen) atoms. The van der Waals surface area contributed by atoms with Crippen LogP contribution in [0.1, 0.15) is 37.4 Å². The monoisotopic (exact) mass is 498 g/mol. The molecule has 0 radical (unpaired) electrons. The third-order valence-electron chi connectivity index (χ3n) is 6.21. The van der Waals surface area contributed by atoms with Crippen molar-refractivity contribution >= 4 is 21.7 Å². The van der Waals surface area contributed by atoms with Crippen LogP contribution in [-0.2, 0) is 10.0 Å². The van der Waals surface area contributed by atoms with Crippen molar-refractivity contribution in [3.05, 3.63) is 100 Å². The molecule has 0 saturated carbocycles. The lowest BCUT2D eigenvalue weighted by atomic mass is 9.95. The van der Waals surface area contributed by atoms with Crippen LogP contribution >= 0.6 is 0 Å². The van der Waals surface area contributed by atoms with Crippen LogP contribution in [0.3, 0.4) is 0 Å². The van der Waals surface area contributed by atoms with E-state index in [4.69, 9.17) is 0 Å². The van der Waals surface area contributed by atoms with Crippen LogP contribution in [0, 0.1) is 25.5 Å². The fourth-order valence-electron chi connectivity index (χ4n) is 4.02. The highest BCUT2D eigenvalue weighted by Crippen LogP contribution is 2.23. The molecular weight excluding hydrogens is 474 g/mol. The lowest BCUT2D eigenvalue weighted by Crippen LogP contribution is -2.50. The van der Waals surface area contributed by atoms with Crippen molar-refractivity contribution in [1.82, 2.24) is 9.21 Å². The summed E-state index contributed by atoms with van der Waals surface area (Å²) >= 11 is 0. The summed E-state index contributed by atoms with van der Waals surface area (Å²) in [7, 11) is -4.27. The number of hydrogen-bond acceptors (Lipinski definition) is 4. The second-order valence-electron chi connectivity index (χ2n) is 8.44. The number of carbonyl (C=O) groups is 2. The predicted molar refractivity (Wildman–Crippen MR) is 127 cm³/mol. The second kappa shape index (κ2) is 9.67. The summed E-state index contributed by atoms with van der Waals surface area (Å²) in [4.78, 5) is 27.2. The number of sulfonamides is 1. The molecule has 0 bridgehead atoms. The van der Waals surface area contributed by atoms with E-state index in [-0.39, 0.29) is 43.1 Å². The van der Waals surface area contributed by atoms with Gasteiger partial charge in [0.25, 0.3) is 5.91 Å². The Morgan fingerprint density at radius 1 is 0.800 bits per heavy atom. The van der Waals surface area contributed by atoms with Crippen LogP contribution < -0.4 is 0 Å². The van der Waals surface area contributed by atoms with Crippen molar-refractivity contribution in [2.75, 3.05) is 26.2 Å². The summed E-state index contributed by atoms with van der Waals surface area (Å²) in [6.45, 7) is 3.77. The van der Waals surface area contributed by atoms with Gasteiger partial charge in [0, 0.05) is 37.3 Å². The van der Waals surface area contributed by atoms with Gasteiger partial charge < -0.3 is 4.90 Å². The number of carbonyl (C=O) groups excluding carboxylic acids is 2. The first-order valence-electron chi connectivity index (χ1n) is 11.0. The minimum Gasteiger partial charge on any atom is -0.336 e. The average Bonchev–Trinajstić information content (AvgIpc) is 2.86. The van der Waals surface area contributed by atoms with E-state index in [9.17, 15) is 26.8 Å². The molecule has 0 unspecified atom stereocenters. The number of benzene rings is 3. The Labute approximate surface area is 202 Å². The van der Waals surface area contributed by atoms with Gasteiger partial charge in [0.05, 0.1) is 5.56 Å². The lowest BCUT2D eigenvalue weighted by Gasteiger charge is -2.34. The number of rotatable bonds is 5. The molecule has 0 spiro atoms. The van der Waals surface area contributed by atoms with Crippen molar-refractivity contribution in [2.24, 2.45) is 0 Å². The Hall–Kier alpha value is -3.43. The lowest BCUT2D eigenvalue weighted by molar-refractivity contribution is 0.0694. The number of aryl methyl sites for hydroxylation is 2. The van der Waals surface area contributed by atoms with Gasteiger partial charge in [0.15, 0.2) is 5.78 Å². The predicted octanol–water partition coefficient (Wildman–Crippen LogP) is 3.96. The summed E-state index contributed by atoms with van der Waals surface area (Å²) in [5.74, 6) is -2.57. The zero-order valence-corrected chi connectivity index (χ0v) is 20.1. The number of hydrogen-bond donors (Lipinski definition) is 0. The van der Waals surface area contributed by atoms with Gasteiger partial charge in [-0.1, -0.05) is 30.3 Å². The van der Waals surface area contributed by atoms with Gasteiger partial charge in [-0.15, -0.1) is 0 Å². The van der Waals surface area contributed by atoms with Crippen LogP contribution in [0.15, 0.2) is 65.6 Å². The first kappa shape index (κ1) is 24.7. The summed E-state index contributed by atoms with van der Waals surface area (Å²) in [6.07, 6.45) is 0. The molecule has 6 nitrogen and oxygen atoms in total. The van der Waals surface area contributed by atoms with Gasteiger partial charge in [-0.25, -0.2) is 17.2 Å². The maximum Gasteiger partial charge on any atom is 0.254 e. The molecule has 1 heterocycles. The molecule has 1 aliphatic heterocycles. The van der Waals surface area contributed by atoms with E-state index in [2.05, 4.69) is 0 Å². The molecular formula is C26H24F2N2O4S. The van der Waals surface area contributed by atoms with Crippen molar-refractivity contribution in [2.45, 2.75) is 18.7 Å². The van der Waals surface area contributed by atoms with E-state index in [0.717, 1.165) is 27.6 Å². The molecule has 0 aliphatic carbocycles. The number of halogens is 2. The molecule has 3 aromatic rings. The van der Waals surface area contributed by atoms with E-state index >= 15 is 0 Å². The summed E-state index contributed by atoms with van der Waals surface area (Å²) < 4.78 is 54.3. The SMILES string of the molecule is Cc1ccc(C(=O)c2ccccc2C(=O)N2CCN(S(=O)(=O)c3cc(F)ccc3F)CC2)cc1C. The largest absolute Gasteiger partial charge is 0.336 e. The maximum atomic E-state index is 14.1. The smallest absolute Gasteiger partial charge is 0.254 e. The van der Waals surface area contributed by atoms with Crippen LogP contribution in [-0.4, -0.2) is 55.5 Å². The van der Waals surface area contributed by atoms with Gasteiger partial charge in [-0.3, -0.25) is 9.59 Å². The fraction of sp³-hybridized carbons (Fsp3) is 0.231. The van der Waals surface area contributed by atoms with Crippen LogP contribution in [0.2, 0.25) is 0 Å². The molecule has 4 rings (SSSR count). The third kappa shape index (κ3) is 4.87. The van der Waals surface area contributed by atoms with Crippen molar-refractivity contribution in [1.29, 1.82) is 0 Å². The molecule has 1 aliphatic rings. The minimum absolute atomic E-state index is 0.0428. The summed E-state index contributed by atoms with van der Waals surface area (Å²) in [5.41, 5.74) is 2.98. The van der Waals surface area contributed by atoms with Gasteiger partial charge in [-0.2, -0.15) is 4.31 Å². The van der Waals surface area contributed by atoms with Gasteiger partial charge in [0.1, 0.15) is 16.5 Å². The van der Waals surface area contributed by atoms with Crippen molar-refractivity contribution < 1.29 is 26.8 Å². The first-order valence-corrected chi connectivity index (χ1v) is 12.5. The number of nitrogens with zero attached hydrogens (tertiary/aromatic N) is 2. The summed E-state index contributed by atoms with van der Waals surface area (Å²) in [5, 5.41) is 0. The van der Waals surface area contributed by atoms with Crippen LogP contribution in [0.4, 0.5) is 8.78 Å². The van der Waals surface area contributed by atoms with Gasteiger partial charge in [-0.05, 0) is 55.3 Å². The van der Waals surface area contributed by atoms with Crippen LogP contribution in [0.25, 0.3) is 0 Å². The topological polar surface area (TPSA) is 74.8 Å². The molecule has 1 fully saturated rings. The van der Waals surface area contributed by atoms with Crippen LogP contribution in [0.5, 0.6) is 0 Å². The minimum atomic E-state index is -4.27. The second-order valence-corrected chi connectivity index (χ2v) is 10.4. The molecule has 0 aromatic heterocycles. The highest BCUT2D eigenvalue weighted by Gasteiger charge is 2.33. The number of ketones is 1. The zero-order valence-electron chi connectivity index (χ0n) is 19.3. The molecule has 0 N–H and O–H groups in total. The first-order chi connectivity index (χ1) is 16.6. The molecule has 182 valence electrons. The molecule has 1 saturated heterocycles. The third-order valence-corrected chi connectivity index (χ3v) is 8.12. The highest BCUT2D eigenvalue weighted by molar-refractivity contribution is 7.89. The summed E-state index contributed by atoms with van der Waals surface area (Å²) in [6, 6.07) is 14.1. The van der Waals surface area contributed by atoms with Gasteiger partial charge >= 0.3 is 0 Å². The van der Waals surface area contributed by atoms with E-state index in [0.29, 0.717) is 11.6 Å². The molecule has 3 aromatic carbocycles. The molecule has 0 atom stereocenters. The fourth-order valence-corrected chi connectivity index (χ4v) is 5.52. The average molecular weight is 499 g/mol. The molecule has 9 heteroatoms. The van der Waals surface area contributed by atoms with E-state index in [1.807, 2.05) is 19.9 Å². The quantitative estimate of drug-likeness (QED) is 0.499. The Bertz CT molecular complexity index is 1410. The maximum absolute atomic E-state index is 14.1. The van der Waals surface area contributed by atoms with Crippen molar-refractivity contribution in [3.8, 4) is 0 Å². The van der Waals surface area contributed by atoms with Gasteiger partial charge in [0.2, 0.25) is 10.0 Å². The Balaban J connectivity index is 1.53. The van der Waals surface area contributed by atoms with Crippen molar-refractivity contribution in [3.63, 3.8) is 0 Å².